The SMILES string of the molecule is COc1ccc(CCN2CC(C(=O)Nc3nc(N4CCCCC4)n[nH]3)CC2=O)cc1OC. The minimum absolute atomic E-state index is 0.0165. The van der Waals surface area contributed by atoms with Crippen molar-refractivity contribution >= 4 is 23.7 Å². The number of hydrogen-bond acceptors (Lipinski definition) is 7. The van der Waals surface area contributed by atoms with Crippen molar-refractivity contribution in [2.24, 2.45) is 5.92 Å². The third kappa shape index (κ3) is 4.95. The number of carbonyl (C=O) groups excluding carboxylic acids is 2. The molecule has 3 heterocycles. The molecule has 172 valence electrons. The third-order valence-corrected chi connectivity index (χ3v) is 6.06. The molecule has 2 aliphatic rings. The second-order valence-corrected chi connectivity index (χ2v) is 8.20. The highest BCUT2D eigenvalue weighted by atomic mass is 16.5. The van der Waals surface area contributed by atoms with Crippen LogP contribution in [0.4, 0.5) is 11.9 Å². The smallest absolute Gasteiger partial charge is 0.246 e. The average Bonchev–Trinajstić information content (AvgIpc) is 3.44. The van der Waals surface area contributed by atoms with Crippen LogP contribution in [0.5, 0.6) is 11.5 Å². The number of carbonyl (C=O) groups is 2. The second kappa shape index (κ2) is 9.88. The summed E-state index contributed by atoms with van der Waals surface area (Å²) in [7, 11) is 3.19. The summed E-state index contributed by atoms with van der Waals surface area (Å²) in [6.45, 7) is 2.79. The van der Waals surface area contributed by atoms with Gasteiger partial charge < -0.3 is 19.3 Å². The van der Waals surface area contributed by atoms with E-state index in [2.05, 4.69) is 25.4 Å². The summed E-state index contributed by atoms with van der Waals surface area (Å²) in [5, 5.41) is 9.79. The summed E-state index contributed by atoms with van der Waals surface area (Å²) < 4.78 is 10.6. The minimum Gasteiger partial charge on any atom is -0.493 e. The molecule has 10 nitrogen and oxygen atoms in total. The highest BCUT2D eigenvalue weighted by Crippen LogP contribution is 2.28. The number of piperidine rings is 1. The quantitative estimate of drug-likeness (QED) is 0.641. The van der Waals surface area contributed by atoms with Crippen LogP contribution in [-0.4, -0.2) is 72.3 Å². The Labute approximate surface area is 187 Å². The zero-order valence-corrected chi connectivity index (χ0v) is 18.6. The first-order valence-electron chi connectivity index (χ1n) is 11.0. The molecule has 32 heavy (non-hydrogen) atoms. The molecule has 10 heteroatoms. The second-order valence-electron chi connectivity index (χ2n) is 8.20. The number of amides is 2. The molecule has 2 saturated heterocycles. The van der Waals surface area contributed by atoms with Gasteiger partial charge in [0.2, 0.25) is 23.7 Å². The van der Waals surface area contributed by atoms with Crippen LogP contribution in [0.3, 0.4) is 0 Å². The summed E-state index contributed by atoms with van der Waals surface area (Å²) in [6.07, 6.45) is 4.34. The zero-order chi connectivity index (χ0) is 22.5. The van der Waals surface area contributed by atoms with E-state index in [-0.39, 0.29) is 18.2 Å². The maximum absolute atomic E-state index is 12.7. The van der Waals surface area contributed by atoms with E-state index in [1.807, 2.05) is 18.2 Å². The van der Waals surface area contributed by atoms with E-state index < -0.39 is 5.92 Å². The number of H-pyrrole nitrogens is 1. The number of anilines is 2. The zero-order valence-electron chi connectivity index (χ0n) is 18.6. The number of rotatable bonds is 8. The number of aromatic amines is 1. The van der Waals surface area contributed by atoms with Gasteiger partial charge in [0.15, 0.2) is 11.5 Å². The Morgan fingerprint density at radius 2 is 1.97 bits per heavy atom. The summed E-state index contributed by atoms with van der Waals surface area (Å²) in [5.41, 5.74) is 1.04. The Hall–Kier alpha value is -3.30. The fraction of sp³-hybridized carbons (Fsp3) is 0.545. The lowest BCUT2D eigenvalue weighted by Crippen LogP contribution is -2.30. The number of aromatic nitrogens is 3. The molecule has 2 aromatic rings. The number of nitrogens with one attached hydrogen (secondary N) is 2. The third-order valence-electron chi connectivity index (χ3n) is 6.06. The maximum atomic E-state index is 12.7. The van der Waals surface area contributed by atoms with E-state index in [0.29, 0.717) is 42.9 Å². The lowest BCUT2D eigenvalue weighted by molar-refractivity contribution is -0.128. The molecule has 1 aromatic carbocycles. The standard InChI is InChI=1S/C22H30N6O4/c1-31-17-7-6-15(12-18(17)32-2)8-11-28-14-16(13-19(28)29)20(30)23-21-24-22(26-25-21)27-9-4-3-5-10-27/h6-7,12,16H,3-5,8-11,13-14H2,1-2H3,(H2,23,24,25,26,30). The Bertz CT molecular complexity index is 956. The molecule has 0 spiro atoms. The van der Waals surface area contributed by atoms with Crippen molar-refractivity contribution in [3.8, 4) is 11.5 Å². The van der Waals surface area contributed by atoms with Gasteiger partial charge in [0.25, 0.3) is 0 Å². The molecule has 2 fully saturated rings. The van der Waals surface area contributed by atoms with E-state index >= 15 is 0 Å². The molecule has 4 rings (SSSR count). The van der Waals surface area contributed by atoms with Gasteiger partial charge in [-0.05, 0) is 43.4 Å². The normalized spacial score (nSPS) is 18.7. The molecule has 1 aromatic heterocycles. The van der Waals surface area contributed by atoms with E-state index in [1.165, 1.54) is 6.42 Å². The van der Waals surface area contributed by atoms with Crippen molar-refractivity contribution in [1.29, 1.82) is 0 Å². The van der Waals surface area contributed by atoms with E-state index in [0.717, 1.165) is 31.5 Å². The van der Waals surface area contributed by atoms with Gasteiger partial charge in [-0.3, -0.25) is 14.9 Å². The molecule has 2 aliphatic heterocycles. The molecular weight excluding hydrogens is 412 g/mol. The largest absolute Gasteiger partial charge is 0.493 e. The summed E-state index contributed by atoms with van der Waals surface area (Å²) in [4.78, 5) is 33.4. The highest BCUT2D eigenvalue weighted by Gasteiger charge is 2.34. The minimum atomic E-state index is -0.406. The summed E-state index contributed by atoms with van der Waals surface area (Å²) in [5.74, 6) is 1.62. The number of benzene rings is 1. The van der Waals surface area contributed by atoms with Gasteiger partial charge in [-0.1, -0.05) is 6.07 Å². The summed E-state index contributed by atoms with van der Waals surface area (Å²) >= 11 is 0. The first-order valence-corrected chi connectivity index (χ1v) is 11.0. The molecule has 2 amide bonds. The fourth-order valence-electron chi connectivity index (χ4n) is 4.23. The Balaban J connectivity index is 1.29. The van der Waals surface area contributed by atoms with Gasteiger partial charge in [0, 0.05) is 32.6 Å². The van der Waals surface area contributed by atoms with Crippen LogP contribution in [0.15, 0.2) is 18.2 Å². The van der Waals surface area contributed by atoms with E-state index in [1.54, 1.807) is 19.1 Å². The number of nitrogens with zero attached hydrogens (tertiary/aromatic N) is 4. The lowest BCUT2D eigenvalue weighted by Gasteiger charge is -2.24. The number of likely N-dealkylation sites (tertiary alicyclic amines) is 1. The lowest BCUT2D eigenvalue weighted by atomic mass is 10.1. The van der Waals surface area contributed by atoms with Crippen molar-refractivity contribution in [3.63, 3.8) is 0 Å². The van der Waals surface area contributed by atoms with Crippen LogP contribution in [0, 0.1) is 5.92 Å². The highest BCUT2D eigenvalue weighted by molar-refractivity contribution is 5.96. The molecule has 2 N–H and O–H groups in total. The van der Waals surface area contributed by atoms with Gasteiger partial charge >= 0.3 is 0 Å². The first kappa shape index (κ1) is 21.9. The number of ether oxygens (including phenoxy) is 2. The predicted molar refractivity (Wildman–Crippen MR) is 119 cm³/mol. The number of hydrogen-bond donors (Lipinski definition) is 2. The van der Waals surface area contributed by atoms with E-state index in [4.69, 9.17) is 9.47 Å². The van der Waals surface area contributed by atoms with Crippen LogP contribution in [0.25, 0.3) is 0 Å². The van der Waals surface area contributed by atoms with Crippen LogP contribution < -0.4 is 19.7 Å². The Morgan fingerprint density at radius 1 is 1.19 bits per heavy atom. The van der Waals surface area contributed by atoms with Gasteiger partial charge in [0.1, 0.15) is 0 Å². The molecular formula is C22H30N6O4. The molecule has 0 aliphatic carbocycles. The monoisotopic (exact) mass is 442 g/mol. The Morgan fingerprint density at radius 3 is 2.72 bits per heavy atom. The Kier molecular flexibility index (Phi) is 6.77. The van der Waals surface area contributed by atoms with Crippen LogP contribution in [0.1, 0.15) is 31.2 Å². The van der Waals surface area contributed by atoms with Gasteiger partial charge in [0.05, 0.1) is 20.1 Å². The predicted octanol–water partition coefficient (Wildman–Crippen LogP) is 1.84. The van der Waals surface area contributed by atoms with Crippen LogP contribution in [0.2, 0.25) is 0 Å². The average molecular weight is 443 g/mol. The van der Waals surface area contributed by atoms with Crippen molar-refractivity contribution in [3.05, 3.63) is 23.8 Å². The molecule has 1 atom stereocenters. The van der Waals surface area contributed by atoms with Gasteiger partial charge in [-0.25, -0.2) is 5.10 Å². The van der Waals surface area contributed by atoms with Gasteiger partial charge in [-0.2, -0.15) is 4.98 Å². The van der Waals surface area contributed by atoms with Crippen LogP contribution >= 0.6 is 0 Å². The van der Waals surface area contributed by atoms with Crippen molar-refractivity contribution in [2.45, 2.75) is 32.1 Å². The molecule has 1 unspecified atom stereocenters. The first-order chi connectivity index (χ1) is 15.6. The van der Waals surface area contributed by atoms with Gasteiger partial charge in [-0.15, -0.1) is 5.10 Å². The maximum Gasteiger partial charge on any atom is 0.246 e. The summed E-state index contributed by atoms with van der Waals surface area (Å²) in [6, 6.07) is 5.72. The number of methoxy groups -OCH3 is 2. The molecule has 0 radical (unpaired) electrons. The van der Waals surface area contributed by atoms with E-state index in [9.17, 15) is 9.59 Å². The molecule has 0 bridgehead atoms. The topological polar surface area (TPSA) is 113 Å². The van der Waals surface area contributed by atoms with Crippen molar-refractivity contribution < 1.29 is 19.1 Å². The van der Waals surface area contributed by atoms with Crippen molar-refractivity contribution in [1.82, 2.24) is 20.1 Å². The van der Waals surface area contributed by atoms with Crippen molar-refractivity contribution in [2.75, 3.05) is 50.6 Å². The fourth-order valence-corrected chi connectivity index (χ4v) is 4.23. The molecule has 0 saturated carbocycles. The van der Waals surface area contributed by atoms with Crippen LogP contribution in [-0.2, 0) is 16.0 Å².